The number of aliphatic hydroxyl groups is 1. The van der Waals surface area contributed by atoms with Crippen molar-refractivity contribution in [2.24, 2.45) is 0 Å². The van der Waals surface area contributed by atoms with Crippen molar-refractivity contribution in [3.8, 4) is 0 Å². The van der Waals surface area contributed by atoms with Gasteiger partial charge in [0.25, 0.3) is 0 Å². The number of anilines is 3. The van der Waals surface area contributed by atoms with Crippen molar-refractivity contribution >= 4 is 93.0 Å². The van der Waals surface area contributed by atoms with Crippen molar-refractivity contribution in [3.05, 3.63) is 109 Å². The highest BCUT2D eigenvalue weighted by Gasteiger charge is 2.36. The summed E-state index contributed by atoms with van der Waals surface area (Å²) in [6, 6.07) is 39.1. The Kier molecular flexibility index (Phi) is 6.63. The molecule has 0 aliphatic carbocycles. The van der Waals surface area contributed by atoms with Crippen LogP contribution in [0.15, 0.2) is 109 Å². The van der Waals surface area contributed by atoms with Crippen LogP contribution < -0.4 is 10.4 Å². The Bertz CT molecular complexity index is 2090. The molecule has 208 valence electrons. The summed E-state index contributed by atoms with van der Waals surface area (Å²) in [6.07, 6.45) is 0. The van der Waals surface area contributed by atoms with Gasteiger partial charge in [-0.05, 0) is 69.6 Å². The molecule has 0 aliphatic rings. The Morgan fingerprint density at radius 1 is 0.595 bits per heavy atom. The van der Waals surface area contributed by atoms with E-state index in [1.165, 1.54) is 40.3 Å². The Hall–Kier alpha value is -3.68. The molecule has 2 heterocycles. The van der Waals surface area contributed by atoms with Gasteiger partial charge in [0.2, 0.25) is 0 Å². The monoisotopic (exact) mass is 585 g/mol. The number of nitrogens with zero attached hydrogens (tertiary/aromatic N) is 1. The number of rotatable bonds is 7. The van der Waals surface area contributed by atoms with E-state index in [2.05, 4.69) is 114 Å². The van der Waals surface area contributed by atoms with Crippen molar-refractivity contribution in [3.63, 3.8) is 0 Å². The molecule has 0 saturated heterocycles. The van der Waals surface area contributed by atoms with E-state index < -0.39 is 11.2 Å². The lowest BCUT2D eigenvalue weighted by molar-refractivity contribution is -0.0893. The first-order valence-corrected chi connectivity index (χ1v) is 15.9. The maximum atomic E-state index is 10.8. The Labute approximate surface area is 254 Å². The first-order chi connectivity index (χ1) is 20.2. The molecule has 0 fully saturated rings. The third kappa shape index (κ3) is 4.50. The minimum Gasteiger partial charge on any atom is -0.427 e. The standard InChI is InChI=1S/C36H32BNO2S2/c1-35(2,39)36(3,4)40-37-26-16-7-8-17-27(26)38(28-18-12-22-32-33(28)25-14-6-10-21-31(25)41-32)29-19-11-15-24-23-13-5-9-20-30(23)42-34(24)29/h5-22,37,39H,1-4H3. The molecule has 1 N–H and O–H groups in total. The smallest absolute Gasteiger partial charge is 0.311 e. The maximum Gasteiger partial charge on any atom is 0.311 e. The molecule has 0 saturated carbocycles. The van der Waals surface area contributed by atoms with Crippen molar-refractivity contribution in [2.45, 2.75) is 38.9 Å². The van der Waals surface area contributed by atoms with Gasteiger partial charge in [-0.25, -0.2) is 0 Å². The lowest BCUT2D eigenvalue weighted by Crippen LogP contribution is -2.49. The zero-order chi connectivity index (χ0) is 29.1. The molecule has 5 aromatic carbocycles. The normalized spacial score (nSPS) is 12.5. The van der Waals surface area contributed by atoms with Crippen LogP contribution in [0.3, 0.4) is 0 Å². The molecule has 3 nitrogen and oxygen atoms in total. The number of hydrogen-bond donors (Lipinski definition) is 1. The fourth-order valence-corrected chi connectivity index (χ4v) is 7.86. The van der Waals surface area contributed by atoms with E-state index in [1.54, 1.807) is 13.8 Å². The molecule has 42 heavy (non-hydrogen) atoms. The van der Waals surface area contributed by atoms with Gasteiger partial charge < -0.3 is 14.7 Å². The second kappa shape index (κ2) is 10.2. The number of fused-ring (bicyclic) bond motifs is 6. The lowest BCUT2D eigenvalue weighted by atomic mass is 9.81. The number of para-hydroxylation sites is 1. The van der Waals surface area contributed by atoms with Crippen LogP contribution in [0.25, 0.3) is 40.3 Å². The first kappa shape index (κ1) is 27.2. The topological polar surface area (TPSA) is 32.7 Å². The Balaban J connectivity index is 1.51. The molecular formula is C36H32BNO2S2. The third-order valence-corrected chi connectivity index (χ3v) is 10.9. The molecule has 0 radical (unpaired) electrons. The summed E-state index contributed by atoms with van der Waals surface area (Å²) < 4.78 is 11.5. The summed E-state index contributed by atoms with van der Waals surface area (Å²) in [7, 11) is 0.367. The Morgan fingerprint density at radius 2 is 1.17 bits per heavy atom. The number of thiophene rings is 2. The highest BCUT2D eigenvalue weighted by molar-refractivity contribution is 7.26. The molecule has 7 rings (SSSR count). The molecular weight excluding hydrogens is 553 g/mol. The molecule has 0 aliphatic heterocycles. The van der Waals surface area contributed by atoms with E-state index in [9.17, 15) is 5.11 Å². The molecule has 6 heteroatoms. The van der Waals surface area contributed by atoms with Gasteiger partial charge in [0.15, 0.2) is 0 Å². The minimum atomic E-state index is -0.995. The summed E-state index contributed by atoms with van der Waals surface area (Å²) in [4.78, 5) is 2.43. The quantitative estimate of drug-likeness (QED) is 0.189. The molecule has 0 unspecified atom stereocenters. The first-order valence-electron chi connectivity index (χ1n) is 14.3. The molecule has 0 amide bonds. The van der Waals surface area contributed by atoms with Crippen molar-refractivity contribution in [2.75, 3.05) is 4.90 Å². The van der Waals surface area contributed by atoms with Crippen LogP contribution in [0.2, 0.25) is 0 Å². The van der Waals surface area contributed by atoms with E-state index in [1.807, 2.05) is 36.5 Å². The summed E-state index contributed by atoms with van der Waals surface area (Å²) in [5, 5.41) is 15.9. The van der Waals surface area contributed by atoms with Gasteiger partial charge in [-0.1, -0.05) is 72.8 Å². The van der Waals surface area contributed by atoms with E-state index in [4.69, 9.17) is 4.65 Å². The van der Waals surface area contributed by atoms with Gasteiger partial charge in [0.05, 0.1) is 27.3 Å². The van der Waals surface area contributed by atoms with E-state index in [0.29, 0.717) is 7.48 Å². The van der Waals surface area contributed by atoms with Gasteiger partial charge >= 0.3 is 7.48 Å². The highest BCUT2D eigenvalue weighted by Crippen LogP contribution is 2.48. The average Bonchev–Trinajstić information content (AvgIpc) is 3.56. The molecule has 0 spiro atoms. The van der Waals surface area contributed by atoms with Gasteiger partial charge in [-0.2, -0.15) is 0 Å². The zero-order valence-electron chi connectivity index (χ0n) is 24.2. The van der Waals surface area contributed by atoms with Gasteiger partial charge in [-0.15, -0.1) is 22.7 Å². The number of benzene rings is 5. The fourth-order valence-electron chi connectivity index (χ4n) is 5.53. The molecule has 0 atom stereocenters. The summed E-state index contributed by atoms with van der Waals surface area (Å²) in [5.41, 5.74) is 2.68. The number of hydrogen-bond acceptors (Lipinski definition) is 5. The van der Waals surface area contributed by atoms with Crippen LogP contribution in [0.5, 0.6) is 0 Å². The molecule has 0 bridgehead atoms. The molecule has 7 aromatic rings. The fraction of sp³-hybridized carbons (Fsp3) is 0.167. The van der Waals surface area contributed by atoms with E-state index in [-0.39, 0.29) is 0 Å². The van der Waals surface area contributed by atoms with Gasteiger partial charge in [0.1, 0.15) is 0 Å². The van der Waals surface area contributed by atoms with Crippen LogP contribution in [0.4, 0.5) is 17.1 Å². The molecule has 2 aromatic heterocycles. The Morgan fingerprint density at radius 3 is 1.95 bits per heavy atom. The van der Waals surface area contributed by atoms with E-state index in [0.717, 1.165) is 22.5 Å². The van der Waals surface area contributed by atoms with Crippen LogP contribution in [-0.2, 0) is 4.65 Å². The van der Waals surface area contributed by atoms with Gasteiger partial charge in [0, 0.05) is 41.3 Å². The van der Waals surface area contributed by atoms with Crippen LogP contribution >= 0.6 is 22.7 Å². The third-order valence-electron chi connectivity index (χ3n) is 8.54. The van der Waals surface area contributed by atoms with Crippen molar-refractivity contribution in [1.29, 1.82) is 0 Å². The summed E-state index contributed by atoms with van der Waals surface area (Å²) in [5.74, 6) is 0. The van der Waals surface area contributed by atoms with Gasteiger partial charge in [-0.3, -0.25) is 0 Å². The summed E-state index contributed by atoms with van der Waals surface area (Å²) in [6.45, 7) is 7.50. The van der Waals surface area contributed by atoms with E-state index >= 15 is 0 Å². The van der Waals surface area contributed by atoms with Crippen molar-refractivity contribution < 1.29 is 9.76 Å². The SMILES string of the molecule is CC(C)(O)C(C)(C)OBc1ccccc1N(c1cccc2c1sc1ccccc12)c1cccc2sc3ccccc3c12. The predicted octanol–water partition coefficient (Wildman–Crippen LogP) is 9.44. The van der Waals surface area contributed by atoms with Crippen LogP contribution in [-0.4, -0.2) is 23.8 Å². The second-order valence-corrected chi connectivity index (χ2v) is 14.0. The largest absolute Gasteiger partial charge is 0.427 e. The maximum absolute atomic E-state index is 10.8. The minimum absolute atomic E-state index is 0.367. The zero-order valence-corrected chi connectivity index (χ0v) is 25.9. The highest BCUT2D eigenvalue weighted by atomic mass is 32.1. The summed E-state index contributed by atoms with van der Waals surface area (Å²) >= 11 is 3.68. The second-order valence-electron chi connectivity index (χ2n) is 11.8. The van der Waals surface area contributed by atoms with Crippen molar-refractivity contribution in [1.82, 2.24) is 0 Å². The van der Waals surface area contributed by atoms with Crippen LogP contribution in [0, 0.1) is 0 Å². The van der Waals surface area contributed by atoms with Crippen LogP contribution in [0.1, 0.15) is 27.7 Å². The predicted molar refractivity (Wildman–Crippen MR) is 185 cm³/mol. The average molecular weight is 586 g/mol. The lowest BCUT2D eigenvalue weighted by Gasteiger charge is -2.38.